The van der Waals surface area contributed by atoms with Gasteiger partial charge in [-0.1, -0.05) is 19.3 Å². The van der Waals surface area contributed by atoms with Crippen molar-refractivity contribution >= 4 is 5.91 Å². The molecule has 5 nitrogen and oxygen atoms in total. The fourth-order valence-electron chi connectivity index (χ4n) is 2.87. The number of amides is 1. The maximum atomic E-state index is 12.1. The molecule has 1 saturated heterocycles. The summed E-state index contributed by atoms with van der Waals surface area (Å²) < 4.78 is 5.31. The van der Waals surface area contributed by atoms with E-state index in [2.05, 4.69) is 10.6 Å². The van der Waals surface area contributed by atoms with Crippen molar-refractivity contribution < 1.29 is 14.6 Å². The van der Waals surface area contributed by atoms with E-state index in [4.69, 9.17) is 4.74 Å². The predicted octanol–water partition coefficient (Wildman–Crippen LogP) is 0.0322. The fraction of sp³-hybridized carbons (Fsp3) is 0.923. The van der Waals surface area contributed by atoms with Gasteiger partial charge in [-0.3, -0.25) is 4.79 Å². The minimum Gasteiger partial charge on any atom is -0.388 e. The zero-order valence-corrected chi connectivity index (χ0v) is 11.1. The lowest BCUT2D eigenvalue weighted by molar-refractivity contribution is -0.127. The summed E-state index contributed by atoms with van der Waals surface area (Å²) in [5, 5.41) is 16.3. The van der Waals surface area contributed by atoms with Crippen LogP contribution in [0.4, 0.5) is 0 Å². The van der Waals surface area contributed by atoms with Crippen LogP contribution in [0.1, 0.15) is 32.1 Å². The average Bonchev–Trinajstić information content (AvgIpc) is 2.85. The molecule has 104 valence electrons. The fourth-order valence-corrected chi connectivity index (χ4v) is 2.87. The molecule has 2 atom stereocenters. The standard InChI is InChI=1S/C13H24N2O3/c1-14-11-8-18-7-10(11)12(16)15-9-13(17)5-3-2-4-6-13/h10-11,14,17H,2-9H2,1H3,(H,15,16). The molecule has 1 heterocycles. The molecule has 18 heavy (non-hydrogen) atoms. The number of likely N-dealkylation sites (N-methyl/N-ethyl adjacent to an activating group) is 1. The number of hydrogen-bond acceptors (Lipinski definition) is 4. The molecule has 0 aromatic carbocycles. The maximum absolute atomic E-state index is 12.1. The van der Waals surface area contributed by atoms with Crippen molar-refractivity contribution in [2.24, 2.45) is 5.92 Å². The minimum atomic E-state index is -0.692. The highest BCUT2D eigenvalue weighted by atomic mass is 16.5. The van der Waals surface area contributed by atoms with Crippen molar-refractivity contribution in [3.05, 3.63) is 0 Å². The molecule has 0 radical (unpaired) electrons. The lowest BCUT2D eigenvalue weighted by Crippen LogP contribution is -2.49. The molecule has 1 aliphatic heterocycles. The molecule has 1 saturated carbocycles. The second-order valence-corrected chi connectivity index (χ2v) is 5.54. The lowest BCUT2D eigenvalue weighted by atomic mass is 9.85. The molecule has 2 fully saturated rings. The molecule has 2 rings (SSSR count). The van der Waals surface area contributed by atoms with Crippen molar-refractivity contribution in [2.75, 3.05) is 26.8 Å². The van der Waals surface area contributed by atoms with Gasteiger partial charge < -0.3 is 20.5 Å². The van der Waals surface area contributed by atoms with Gasteiger partial charge in [-0.25, -0.2) is 0 Å². The first kappa shape index (κ1) is 13.8. The van der Waals surface area contributed by atoms with Crippen molar-refractivity contribution in [3.63, 3.8) is 0 Å². The van der Waals surface area contributed by atoms with E-state index in [1.807, 2.05) is 7.05 Å². The van der Waals surface area contributed by atoms with Crippen LogP contribution in [0.25, 0.3) is 0 Å². The second-order valence-electron chi connectivity index (χ2n) is 5.54. The molecular formula is C13H24N2O3. The third-order valence-electron chi connectivity index (χ3n) is 4.16. The highest BCUT2D eigenvalue weighted by Crippen LogP contribution is 2.27. The van der Waals surface area contributed by atoms with Crippen LogP contribution in [0, 0.1) is 5.92 Å². The first-order valence-electron chi connectivity index (χ1n) is 6.90. The van der Waals surface area contributed by atoms with Crippen LogP contribution in [-0.2, 0) is 9.53 Å². The third-order valence-corrected chi connectivity index (χ3v) is 4.16. The van der Waals surface area contributed by atoms with E-state index in [1.165, 1.54) is 6.42 Å². The Morgan fingerprint density at radius 2 is 2.06 bits per heavy atom. The van der Waals surface area contributed by atoms with Gasteiger partial charge in [0.05, 0.1) is 24.7 Å². The van der Waals surface area contributed by atoms with Crippen LogP contribution in [0.5, 0.6) is 0 Å². The van der Waals surface area contributed by atoms with Gasteiger partial charge in [0.2, 0.25) is 5.91 Å². The van der Waals surface area contributed by atoms with E-state index in [-0.39, 0.29) is 17.9 Å². The molecular weight excluding hydrogens is 232 g/mol. The van der Waals surface area contributed by atoms with Crippen LogP contribution in [0.3, 0.4) is 0 Å². The Morgan fingerprint density at radius 3 is 2.72 bits per heavy atom. The maximum Gasteiger partial charge on any atom is 0.227 e. The Hall–Kier alpha value is -0.650. The molecule has 1 amide bonds. The van der Waals surface area contributed by atoms with E-state index in [0.717, 1.165) is 25.7 Å². The smallest absolute Gasteiger partial charge is 0.227 e. The Balaban J connectivity index is 1.80. The molecule has 0 aromatic heterocycles. The number of carbonyl (C=O) groups excluding carboxylic acids is 1. The summed E-state index contributed by atoms with van der Waals surface area (Å²) >= 11 is 0. The number of ether oxygens (including phenoxy) is 1. The number of nitrogens with one attached hydrogen (secondary N) is 2. The molecule has 5 heteroatoms. The Bertz CT molecular complexity index is 290. The van der Waals surface area contributed by atoms with Gasteiger partial charge in [0, 0.05) is 12.6 Å². The summed E-state index contributed by atoms with van der Waals surface area (Å²) in [6, 6.07) is 0.0889. The minimum absolute atomic E-state index is 0.00847. The molecule has 0 bridgehead atoms. The highest BCUT2D eigenvalue weighted by molar-refractivity contribution is 5.79. The first-order chi connectivity index (χ1) is 8.64. The van der Waals surface area contributed by atoms with Gasteiger partial charge in [-0.2, -0.15) is 0 Å². The van der Waals surface area contributed by atoms with Gasteiger partial charge in [-0.05, 0) is 19.9 Å². The van der Waals surface area contributed by atoms with Crippen LogP contribution in [-0.4, -0.2) is 49.5 Å². The zero-order chi connectivity index (χ0) is 13.0. The molecule has 2 aliphatic rings. The number of rotatable bonds is 4. The van der Waals surface area contributed by atoms with Crippen LogP contribution in [0.2, 0.25) is 0 Å². The van der Waals surface area contributed by atoms with E-state index < -0.39 is 5.60 Å². The van der Waals surface area contributed by atoms with Crippen molar-refractivity contribution in [2.45, 2.75) is 43.7 Å². The summed E-state index contributed by atoms with van der Waals surface area (Å²) in [5.41, 5.74) is -0.692. The summed E-state index contributed by atoms with van der Waals surface area (Å²) in [5.74, 6) is -0.145. The van der Waals surface area contributed by atoms with Crippen molar-refractivity contribution in [1.29, 1.82) is 0 Å². The van der Waals surface area contributed by atoms with Crippen LogP contribution < -0.4 is 10.6 Å². The summed E-state index contributed by atoms with van der Waals surface area (Å²) in [6.45, 7) is 1.42. The van der Waals surface area contributed by atoms with Crippen molar-refractivity contribution in [3.8, 4) is 0 Å². The molecule has 3 N–H and O–H groups in total. The van der Waals surface area contributed by atoms with Gasteiger partial charge in [0.15, 0.2) is 0 Å². The number of carbonyl (C=O) groups is 1. The van der Waals surface area contributed by atoms with Gasteiger partial charge >= 0.3 is 0 Å². The van der Waals surface area contributed by atoms with E-state index >= 15 is 0 Å². The Labute approximate surface area is 108 Å². The normalized spacial score (nSPS) is 31.2. The third kappa shape index (κ3) is 3.22. The molecule has 0 aromatic rings. The van der Waals surface area contributed by atoms with E-state index in [9.17, 15) is 9.90 Å². The molecule has 0 spiro atoms. The predicted molar refractivity (Wildman–Crippen MR) is 68.2 cm³/mol. The first-order valence-corrected chi connectivity index (χ1v) is 6.90. The van der Waals surface area contributed by atoms with Gasteiger partial charge in [0.25, 0.3) is 0 Å². The Kier molecular flexibility index (Phi) is 4.59. The zero-order valence-electron chi connectivity index (χ0n) is 11.1. The van der Waals surface area contributed by atoms with Gasteiger partial charge in [-0.15, -0.1) is 0 Å². The summed E-state index contributed by atoms with van der Waals surface area (Å²) in [4.78, 5) is 12.1. The lowest BCUT2D eigenvalue weighted by Gasteiger charge is -2.32. The summed E-state index contributed by atoms with van der Waals surface area (Å²) in [6.07, 6.45) is 4.89. The topological polar surface area (TPSA) is 70.6 Å². The van der Waals surface area contributed by atoms with E-state index in [1.54, 1.807) is 0 Å². The van der Waals surface area contributed by atoms with Crippen molar-refractivity contribution in [1.82, 2.24) is 10.6 Å². The molecule has 2 unspecified atom stereocenters. The molecule has 1 aliphatic carbocycles. The van der Waals surface area contributed by atoms with E-state index in [0.29, 0.717) is 19.8 Å². The summed E-state index contributed by atoms with van der Waals surface area (Å²) in [7, 11) is 1.84. The van der Waals surface area contributed by atoms with Crippen LogP contribution in [0.15, 0.2) is 0 Å². The highest BCUT2D eigenvalue weighted by Gasteiger charge is 2.35. The van der Waals surface area contributed by atoms with Crippen LogP contribution >= 0.6 is 0 Å². The number of hydrogen-bond donors (Lipinski definition) is 3. The monoisotopic (exact) mass is 256 g/mol. The average molecular weight is 256 g/mol. The quantitative estimate of drug-likeness (QED) is 0.664. The largest absolute Gasteiger partial charge is 0.388 e. The van der Waals surface area contributed by atoms with Gasteiger partial charge in [0.1, 0.15) is 0 Å². The Morgan fingerprint density at radius 1 is 1.33 bits per heavy atom. The second kappa shape index (κ2) is 5.99. The SMILES string of the molecule is CNC1COCC1C(=O)NCC1(O)CCCCC1. The number of aliphatic hydroxyl groups is 1.